The summed E-state index contributed by atoms with van der Waals surface area (Å²) in [5, 5.41) is 9.13. The van der Waals surface area contributed by atoms with Gasteiger partial charge in [-0.15, -0.1) is 10.2 Å². The van der Waals surface area contributed by atoms with E-state index in [1.807, 2.05) is 6.92 Å². The van der Waals surface area contributed by atoms with Crippen LogP contribution in [0.2, 0.25) is 0 Å². The highest BCUT2D eigenvalue weighted by Crippen LogP contribution is 2.07. The van der Waals surface area contributed by atoms with Crippen LogP contribution in [0.25, 0.3) is 0 Å². The average molecular weight is 155 g/mol. The molecule has 10 heavy (non-hydrogen) atoms. The largest absolute Gasteiger partial charge is 0.235 e. The fourth-order valence-corrected chi connectivity index (χ4v) is 1.13. The van der Waals surface area contributed by atoms with Gasteiger partial charge in [0, 0.05) is 0 Å². The molecule has 52 valence electrons. The van der Waals surface area contributed by atoms with Crippen molar-refractivity contribution >= 4 is 17.4 Å². The van der Waals surface area contributed by atoms with Crippen molar-refractivity contribution in [1.29, 1.82) is 0 Å². The average Bonchev–Trinajstić information content (AvgIpc) is 2.31. The number of hydrogen-bond donors (Lipinski definition) is 0. The second-order valence-electron chi connectivity index (χ2n) is 1.62. The Hall–Kier alpha value is -1.06. The molecule has 0 spiro atoms. The molecule has 5 heteroatoms. The summed E-state index contributed by atoms with van der Waals surface area (Å²) in [5.41, 5.74) is 0. The number of isocyanates is 1. The molecule has 0 fully saturated rings. The summed E-state index contributed by atoms with van der Waals surface area (Å²) in [6.45, 7) is 2.15. The van der Waals surface area contributed by atoms with Crippen LogP contribution in [0.4, 0.5) is 0 Å². The third kappa shape index (κ3) is 1.72. The van der Waals surface area contributed by atoms with E-state index in [1.54, 1.807) is 0 Å². The van der Waals surface area contributed by atoms with Gasteiger partial charge in [0.2, 0.25) is 6.08 Å². The molecular weight excluding hydrogens is 150 g/mol. The third-order valence-electron chi connectivity index (χ3n) is 0.847. The van der Waals surface area contributed by atoms with Crippen molar-refractivity contribution in [3.8, 4) is 0 Å². The molecule has 0 bridgehead atoms. The number of rotatable bonds is 2. The Bertz CT molecular complexity index is 264. The van der Waals surface area contributed by atoms with Gasteiger partial charge < -0.3 is 0 Å². The Morgan fingerprint density at radius 2 is 2.50 bits per heavy atom. The molecule has 0 N–H and O–H groups in total. The molecule has 0 saturated carbocycles. The van der Waals surface area contributed by atoms with E-state index in [0.717, 1.165) is 10.0 Å². The van der Waals surface area contributed by atoms with E-state index >= 15 is 0 Å². The molecule has 0 saturated heterocycles. The van der Waals surface area contributed by atoms with Crippen LogP contribution in [0, 0.1) is 6.92 Å². The van der Waals surface area contributed by atoms with E-state index in [2.05, 4.69) is 15.2 Å². The number of aliphatic imine (C=N–C) groups is 1. The van der Waals surface area contributed by atoms with Crippen molar-refractivity contribution in [2.45, 2.75) is 13.5 Å². The van der Waals surface area contributed by atoms with Crippen molar-refractivity contribution < 1.29 is 4.79 Å². The first kappa shape index (κ1) is 7.05. The van der Waals surface area contributed by atoms with E-state index < -0.39 is 0 Å². The van der Waals surface area contributed by atoms with Crippen molar-refractivity contribution in [2.75, 3.05) is 0 Å². The van der Waals surface area contributed by atoms with E-state index in [9.17, 15) is 4.79 Å². The first-order chi connectivity index (χ1) is 4.83. The van der Waals surface area contributed by atoms with Gasteiger partial charge in [0.15, 0.2) is 0 Å². The predicted molar refractivity (Wildman–Crippen MR) is 36.5 cm³/mol. The second-order valence-corrected chi connectivity index (χ2v) is 2.89. The highest BCUT2D eigenvalue weighted by Gasteiger charge is 1.96. The predicted octanol–water partition coefficient (Wildman–Crippen LogP) is 0.682. The van der Waals surface area contributed by atoms with Gasteiger partial charge >= 0.3 is 0 Å². The normalized spacial score (nSPS) is 8.90. The Labute approximate surface area is 61.6 Å². The van der Waals surface area contributed by atoms with Gasteiger partial charge in [0.05, 0.1) is 0 Å². The Morgan fingerprint density at radius 3 is 3.00 bits per heavy atom. The molecular formula is C5H5N3OS. The molecule has 1 aromatic heterocycles. The quantitative estimate of drug-likeness (QED) is 0.466. The summed E-state index contributed by atoms with van der Waals surface area (Å²) in [6.07, 6.45) is 1.44. The van der Waals surface area contributed by atoms with E-state index in [-0.39, 0.29) is 0 Å². The minimum absolute atomic E-state index is 0.301. The molecule has 1 rings (SSSR count). The van der Waals surface area contributed by atoms with Crippen molar-refractivity contribution in [3.05, 3.63) is 10.0 Å². The molecule has 0 amide bonds. The van der Waals surface area contributed by atoms with Crippen molar-refractivity contribution in [2.24, 2.45) is 4.99 Å². The Morgan fingerprint density at radius 1 is 1.70 bits per heavy atom. The van der Waals surface area contributed by atoms with Crippen molar-refractivity contribution in [3.63, 3.8) is 0 Å². The molecule has 0 unspecified atom stereocenters. The Balaban J connectivity index is 2.66. The van der Waals surface area contributed by atoms with Crippen LogP contribution in [-0.2, 0) is 11.3 Å². The smallest absolute Gasteiger partial charge is 0.211 e. The van der Waals surface area contributed by atoms with Gasteiger partial charge in [0.1, 0.15) is 16.6 Å². The van der Waals surface area contributed by atoms with Gasteiger partial charge in [-0.25, -0.2) is 4.79 Å². The lowest BCUT2D eigenvalue weighted by molar-refractivity contribution is 0.562. The summed E-state index contributed by atoms with van der Waals surface area (Å²) >= 11 is 1.43. The summed E-state index contributed by atoms with van der Waals surface area (Å²) in [7, 11) is 0. The molecule has 0 atom stereocenters. The van der Waals surface area contributed by atoms with Crippen LogP contribution in [-0.4, -0.2) is 16.3 Å². The molecule has 0 aromatic carbocycles. The van der Waals surface area contributed by atoms with Crippen molar-refractivity contribution in [1.82, 2.24) is 10.2 Å². The second kappa shape index (κ2) is 3.20. The first-order valence-electron chi connectivity index (χ1n) is 2.65. The third-order valence-corrected chi connectivity index (χ3v) is 1.67. The number of aromatic nitrogens is 2. The van der Waals surface area contributed by atoms with Gasteiger partial charge in [-0.2, -0.15) is 4.99 Å². The minimum atomic E-state index is 0.301. The monoisotopic (exact) mass is 155 g/mol. The summed E-state index contributed by atoms with van der Waals surface area (Å²) in [4.78, 5) is 13.0. The zero-order valence-corrected chi connectivity index (χ0v) is 6.18. The van der Waals surface area contributed by atoms with Crippen LogP contribution >= 0.6 is 11.3 Å². The van der Waals surface area contributed by atoms with Crippen LogP contribution in [0.5, 0.6) is 0 Å². The number of hydrogen-bond acceptors (Lipinski definition) is 5. The molecule has 1 heterocycles. The lowest BCUT2D eigenvalue weighted by Gasteiger charge is -1.77. The Kier molecular flexibility index (Phi) is 2.25. The van der Waals surface area contributed by atoms with Gasteiger partial charge in [-0.3, -0.25) is 0 Å². The van der Waals surface area contributed by atoms with Gasteiger partial charge in [0.25, 0.3) is 0 Å². The fourth-order valence-electron chi connectivity index (χ4n) is 0.501. The fraction of sp³-hybridized carbons (Fsp3) is 0.400. The van der Waals surface area contributed by atoms with Crippen LogP contribution in [0.15, 0.2) is 4.99 Å². The first-order valence-corrected chi connectivity index (χ1v) is 3.47. The number of carbonyl (C=O) groups excluding carboxylic acids is 1. The number of aryl methyl sites for hydroxylation is 1. The lowest BCUT2D eigenvalue weighted by atomic mass is 10.7. The minimum Gasteiger partial charge on any atom is -0.211 e. The number of nitrogens with zero attached hydrogens (tertiary/aromatic N) is 3. The molecule has 0 aliphatic rings. The van der Waals surface area contributed by atoms with E-state index in [1.165, 1.54) is 17.4 Å². The SMILES string of the molecule is Cc1nnc(CN=C=O)s1. The maximum absolute atomic E-state index is 9.65. The maximum Gasteiger partial charge on any atom is 0.235 e. The summed E-state index contributed by atoms with van der Waals surface area (Å²) < 4.78 is 0. The van der Waals surface area contributed by atoms with Gasteiger partial charge in [-0.1, -0.05) is 11.3 Å². The molecule has 4 nitrogen and oxygen atoms in total. The van der Waals surface area contributed by atoms with E-state index in [4.69, 9.17) is 0 Å². The summed E-state index contributed by atoms with van der Waals surface area (Å²) in [5.74, 6) is 0. The molecule has 1 aromatic rings. The standard InChI is InChI=1S/C5H5N3OS/c1-4-7-8-5(10-4)2-6-3-9/h2H2,1H3. The lowest BCUT2D eigenvalue weighted by Crippen LogP contribution is -1.77. The maximum atomic E-state index is 9.65. The molecule has 0 aliphatic heterocycles. The molecule has 0 radical (unpaired) electrons. The zero-order chi connectivity index (χ0) is 7.40. The highest BCUT2D eigenvalue weighted by atomic mass is 32.1. The van der Waals surface area contributed by atoms with Crippen LogP contribution < -0.4 is 0 Å². The highest BCUT2D eigenvalue weighted by molar-refractivity contribution is 7.11. The van der Waals surface area contributed by atoms with Gasteiger partial charge in [-0.05, 0) is 6.92 Å². The zero-order valence-electron chi connectivity index (χ0n) is 5.37. The van der Waals surface area contributed by atoms with E-state index in [0.29, 0.717) is 6.54 Å². The molecule has 0 aliphatic carbocycles. The van der Waals surface area contributed by atoms with Crippen LogP contribution in [0.3, 0.4) is 0 Å². The topological polar surface area (TPSA) is 55.2 Å². The van der Waals surface area contributed by atoms with Crippen LogP contribution in [0.1, 0.15) is 10.0 Å². The summed E-state index contributed by atoms with van der Waals surface area (Å²) in [6, 6.07) is 0.